The van der Waals surface area contributed by atoms with Gasteiger partial charge in [-0.05, 0) is 42.7 Å². The predicted molar refractivity (Wildman–Crippen MR) is 103 cm³/mol. The maximum atomic E-state index is 12.8. The zero-order chi connectivity index (χ0) is 19.5. The summed E-state index contributed by atoms with van der Waals surface area (Å²) in [5, 5.41) is 11.1. The van der Waals surface area contributed by atoms with E-state index in [1.807, 2.05) is 18.2 Å². The molecule has 1 atom stereocenters. The number of carbonyl (C=O) groups is 1. The third-order valence-electron chi connectivity index (χ3n) is 5.03. The van der Waals surface area contributed by atoms with Crippen LogP contribution in [0.15, 0.2) is 48.5 Å². The molecule has 1 amide bonds. The molecule has 4 rings (SSSR count). The number of ether oxygens (including phenoxy) is 2. The van der Waals surface area contributed by atoms with Gasteiger partial charge in [-0.3, -0.25) is 14.9 Å². The van der Waals surface area contributed by atoms with E-state index in [1.54, 1.807) is 23.1 Å². The lowest BCUT2D eigenvalue weighted by Gasteiger charge is -2.26. The first-order valence-corrected chi connectivity index (χ1v) is 9.25. The molecule has 0 aromatic heterocycles. The maximum absolute atomic E-state index is 12.8. The van der Waals surface area contributed by atoms with Crippen LogP contribution in [0, 0.1) is 10.1 Å². The summed E-state index contributed by atoms with van der Waals surface area (Å²) < 4.78 is 11.2. The Morgan fingerprint density at radius 3 is 2.75 bits per heavy atom. The van der Waals surface area contributed by atoms with Gasteiger partial charge in [0.15, 0.2) is 11.5 Å². The molecule has 0 aliphatic carbocycles. The number of benzene rings is 2. The summed E-state index contributed by atoms with van der Waals surface area (Å²) in [5.74, 6) is 1.27. The minimum atomic E-state index is -0.446. The van der Waals surface area contributed by atoms with Gasteiger partial charge in [0.05, 0.1) is 16.5 Å². The molecule has 2 aromatic rings. The van der Waals surface area contributed by atoms with Gasteiger partial charge in [-0.2, -0.15) is 0 Å². The Labute approximate surface area is 162 Å². The van der Waals surface area contributed by atoms with Gasteiger partial charge in [-0.25, -0.2) is 0 Å². The lowest BCUT2D eigenvalue weighted by molar-refractivity contribution is -0.385. The number of likely N-dealkylation sites (tertiary alicyclic amines) is 1. The average Bonchev–Trinajstić information content (AvgIpc) is 3.22. The van der Waals surface area contributed by atoms with Gasteiger partial charge in [0.1, 0.15) is 13.2 Å². The molecule has 2 aliphatic rings. The molecule has 7 heteroatoms. The van der Waals surface area contributed by atoms with Crippen molar-refractivity contribution >= 4 is 17.7 Å². The highest BCUT2D eigenvalue weighted by atomic mass is 16.6. The largest absolute Gasteiger partial charge is 0.486 e. The smallest absolute Gasteiger partial charge is 0.276 e. The second-order valence-corrected chi connectivity index (χ2v) is 6.74. The zero-order valence-electron chi connectivity index (χ0n) is 15.2. The highest BCUT2D eigenvalue weighted by Gasteiger charge is 2.30. The van der Waals surface area contributed by atoms with Crippen LogP contribution in [0.3, 0.4) is 0 Å². The summed E-state index contributed by atoms with van der Waals surface area (Å²) in [5.41, 5.74) is 1.40. The number of rotatable bonds is 4. The molecule has 2 aliphatic heterocycles. The van der Waals surface area contributed by atoms with Crippen molar-refractivity contribution in [1.29, 1.82) is 0 Å². The van der Waals surface area contributed by atoms with E-state index >= 15 is 0 Å². The molecule has 28 heavy (non-hydrogen) atoms. The van der Waals surface area contributed by atoms with Gasteiger partial charge < -0.3 is 14.4 Å². The molecule has 0 N–H and O–H groups in total. The number of carbonyl (C=O) groups excluding carboxylic acids is 1. The number of fused-ring (bicyclic) bond motifs is 1. The molecular formula is C21H20N2O5. The molecule has 1 unspecified atom stereocenters. The van der Waals surface area contributed by atoms with Gasteiger partial charge in [0.25, 0.3) is 5.69 Å². The van der Waals surface area contributed by atoms with Crippen LogP contribution in [0.5, 0.6) is 11.5 Å². The number of para-hydroxylation sites is 1. The number of nitro groups is 1. The quantitative estimate of drug-likeness (QED) is 0.458. The van der Waals surface area contributed by atoms with Crippen molar-refractivity contribution in [1.82, 2.24) is 4.90 Å². The van der Waals surface area contributed by atoms with Crippen molar-refractivity contribution in [2.24, 2.45) is 0 Å². The summed E-state index contributed by atoms with van der Waals surface area (Å²) in [6.07, 6.45) is 4.70. The molecular weight excluding hydrogens is 360 g/mol. The topological polar surface area (TPSA) is 81.9 Å². The van der Waals surface area contributed by atoms with Gasteiger partial charge >= 0.3 is 0 Å². The first-order chi connectivity index (χ1) is 13.6. The van der Waals surface area contributed by atoms with Crippen LogP contribution in [0.4, 0.5) is 5.69 Å². The number of amides is 1. The number of nitrogens with zero attached hydrogens (tertiary/aromatic N) is 2. The molecule has 0 spiro atoms. The van der Waals surface area contributed by atoms with Crippen molar-refractivity contribution in [3.05, 3.63) is 69.8 Å². The van der Waals surface area contributed by atoms with Crippen molar-refractivity contribution < 1.29 is 19.2 Å². The summed E-state index contributed by atoms with van der Waals surface area (Å²) in [6, 6.07) is 12.1. The van der Waals surface area contributed by atoms with E-state index in [0.717, 1.165) is 24.2 Å². The summed E-state index contributed by atoms with van der Waals surface area (Å²) in [7, 11) is 0. The van der Waals surface area contributed by atoms with Crippen LogP contribution in [0.1, 0.15) is 30.0 Å². The number of hydrogen-bond donors (Lipinski definition) is 0. The van der Waals surface area contributed by atoms with E-state index in [-0.39, 0.29) is 17.6 Å². The molecule has 0 saturated carbocycles. The summed E-state index contributed by atoms with van der Waals surface area (Å²) in [6.45, 7) is 1.71. The SMILES string of the molecule is O=C(/C=C/c1ccccc1[N+](=O)[O-])N1CCCC1c1ccc2c(c1)OCCO2. The van der Waals surface area contributed by atoms with Crippen molar-refractivity contribution in [3.63, 3.8) is 0 Å². The Bertz CT molecular complexity index is 940. The van der Waals surface area contributed by atoms with Gasteiger partial charge in [0, 0.05) is 18.7 Å². The van der Waals surface area contributed by atoms with E-state index in [1.165, 1.54) is 18.2 Å². The first-order valence-electron chi connectivity index (χ1n) is 9.25. The molecule has 2 aromatic carbocycles. The second-order valence-electron chi connectivity index (χ2n) is 6.74. The van der Waals surface area contributed by atoms with Crippen LogP contribution in [-0.4, -0.2) is 35.5 Å². The monoisotopic (exact) mass is 380 g/mol. The fraction of sp³-hybridized carbons (Fsp3) is 0.286. The van der Waals surface area contributed by atoms with E-state index in [2.05, 4.69) is 0 Å². The molecule has 2 heterocycles. The average molecular weight is 380 g/mol. The van der Waals surface area contributed by atoms with Gasteiger partial charge in [-0.1, -0.05) is 18.2 Å². The number of nitro benzene ring substituents is 1. The van der Waals surface area contributed by atoms with E-state index in [9.17, 15) is 14.9 Å². The highest BCUT2D eigenvalue weighted by Crippen LogP contribution is 2.38. The lowest BCUT2D eigenvalue weighted by atomic mass is 10.0. The predicted octanol–water partition coefficient (Wildman–Crippen LogP) is 3.74. The van der Waals surface area contributed by atoms with Gasteiger partial charge in [0.2, 0.25) is 5.91 Å². The molecule has 1 saturated heterocycles. The van der Waals surface area contributed by atoms with E-state index in [4.69, 9.17) is 9.47 Å². The number of hydrogen-bond acceptors (Lipinski definition) is 5. The fourth-order valence-electron chi connectivity index (χ4n) is 3.70. The Hall–Kier alpha value is -3.35. The standard InChI is InChI=1S/C21H20N2O5/c24-21(10-8-15-4-1-2-5-18(15)23(25)26)22-11-3-6-17(22)16-7-9-19-20(14-16)28-13-12-27-19/h1-2,4-5,7-10,14,17H,3,6,11-13H2/b10-8+. The van der Waals surface area contributed by atoms with Crippen molar-refractivity contribution in [3.8, 4) is 11.5 Å². The van der Waals surface area contributed by atoms with Crippen LogP contribution in [0.2, 0.25) is 0 Å². The first kappa shape index (κ1) is 18.0. The third-order valence-corrected chi connectivity index (χ3v) is 5.03. The Kier molecular flexibility index (Phi) is 4.97. The highest BCUT2D eigenvalue weighted by molar-refractivity contribution is 5.92. The van der Waals surface area contributed by atoms with E-state index < -0.39 is 4.92 Å². The molecule has 0 radical (unpaired) electrons. The fourth-order valence-corrected chi connectivity index (χ4v) is 3.70. The third kappa shape index (κ3) is 3.55. The molecule has 0 bridgehead atoms. The zero-order valence-corrected chi connectivity index (χ0v) is 15.2. The second kappa shape index (κ2) is 7.72. The Morgan fingerprint density at radius 2 is 1.93 bits per heavy atom. The Balaban J connectivity index is 1.54. The van der Waals surface area contributed by atoms with Crippen molar-refractivity contribution in [2.75, 3.05) is 19.8 Å². The minimum Gasteiger partial charge on any atom is -0.486 e. The molecule has 1 fully saturated rings. The summed E-state index contributed by atoms with van der Waals surface area (Å²) >= 11 is 0. The molecule has 144 valence electrons. The van der Waals surface area contributed by atoms with Crippen LogP contribution in [-0.2, 0) is 4.79 Å². The lowest BCUT2D eigenvalue weighted by Crippen LogP contribution is -2.29. The van der Waals surface area contributed by atoms with E-state index in [0.29, 0.717) is 31.1 Å². The van der Waals surface area contributed by atoms with Crippen LogP contribution in [0.25, 0.3) is 6.08 Å². The van der Waals surface area contributed by atoms with Gasteiger partial charge in [-0.15, -0.1) is 0 Å². The molecule has 7 nitrogen and oxygen atoms in total. The minimum absolute atomic E-state index is 0.0173. The maximum Gasteiger partial charge on any atom is 0.276 e. The van der Waals surface area contributed by atoms with Crippen LogP contribution >= 0.6 is 0 Å². The summed E-state index contributed by atoms with van der Waals surface area (Å²) in [4.78, 5) is 25.3. The Morgan fingerprint density at radius 1 is 1.14 bits per heavy atom. The van der Waals surface area contributed by atoms with Crippen LogP contribution < -0.4 is 9.47 Å². The normalized spacial score (nSPS) is 18.4. The van der Waals surface area contributed by atoms with Crippen molar-refractivity contribution in [2.45, 2.75) is 18.9 Å².